The molecule has 2 aromatic rings. The van der Waals surface area contributed by atoms with Crippen molar-refractivity contribution in [2.75, 3.05) is 5.32 Å². The van der Waals surface area contributed by atoms with Crippen LogP contribution in [0, 0.1) is 5.82 Å². The standard InChI is InChI=1S/C20H20FNO/c21-18-10-12-19(13-11-18)22-20(23)14-15-6-8-17(9-7-15)16-4-2-1-3-5-16/h1-6,10-13,17H,7-9,14H2,(H,22,23)/t17-/m1/s1. The summed E-state index contributed by atoms with van der Waals surface area (Å²) in [6.07, 6.45) is 5.64. The number of allylic oxidation sites excluding steroid dienone is 1. The number of carbonyl (C=O) groups excluding carboxylic acids is 1. The van der Waals surface area contributed by atoms with Crippen LogP contribution in [0.1, 0.15) is 37.2 Å². The number of halogens is 1. The summed E-state index contributed by atoms with van der Waals surface area (Å²) < 4.78 is 12.9. The summed E-state index contributed by atoms with van der Waals surface area (Å²) in [4.78, 5) is 12.1. The van der Waals surface area contributed by atoms with Gasteiger partial charge in [0, 0.05) is 12.1 Å². The molecule has 2 aromatic carbocycles. The summed E-state index contributed by atoms with van der Waals surface area (Å²) in [5.41, 5.74) is 3.20. The minimum Gasteiger partial charge on any atom is -0.326 e. The van der Waals surface area contributed by atoms with Gasteiger partial charge >= 0.3 is 0 Å². The summed E-state index contributed by atoms with van der Waals surface area (Å²) in [5.74, 6) is 0.214. The molecule has 23 heavy (non-hydrogen) atoms. The molecule has 0 bridgehead atoms. The molecule has 0 fully saturated rings. The Morgan fingerprint density at radius 3 is 2.48 bits per heavy atom. The van der Waals surface area contributed by atoms with E-state index in [9.17, 15) is 9.18 Å². The minimum absolute atomic E-state index is 0.0407. The van der Waals surface area contributed by atoms with Crippen LogP contribution in [-0.2, 0) is 4.79 Å². The third-order valence-electron chi connectivity index (χ3n) is 4.29. The van der Waals surface area contributed by atoms with Crippen molar-refractivity contribution in [2.45, 2.75) is 31.6 Å². The third kappa shape index (κ3) is 4.28. The van der Waals surface area contributed by atoms with Gasteiger partial charge in [0.15, 0.2) is 0 Å². The van der Waals surface area contributed by atoms with Crippen molar-refractivity contribution in [1.29, 1.82) is 0 Å². The van der Waals surface area contributed by atoms with E-state index in [1.165, 1.54) is 23.3 Å². The lowest BCUT2D eigenvalue weighted by atomic mass is 9.84. The molecular formula is C20H20FNO. The predicted molar refractivity (Wildman–Crippen MR) is 90.8 cm³/mol. The first-order chi connectivity index (χ1) is 11.2. The zero-order chi connectivity index (χ0) is 16.1. The van der Waals surface area contributed by atoms with Gasteiger partial charge in [-0.05, 0) is 55.0 Å². The summed E-state index contributed by atoms with van der Waals surface area (Å²) in [6.45, 7) is 0. The number of nitrogens with one attached hydrogen (secondary N) is 1. The van der Waals surface area contributed by atoms with Gasteiger partial charge in [0.25, 0.3) is 0 Å². The number of benzene rings is 2. The highest BCUT2D eigenvalue weighted by atomic mass is 19.1. The fraction of sp³-hybridized carbons (Fsp3) is 0.250. The van der Waals surface area contributed by atoms with Crippen molar-refractivity contribution < 1.29 is 9.18 Å². The lowest BCUT2D eigenvalue weighted by molar-refractivity contribution is -0.115. The highest BCUT2D eigenvalue weighted by Gasteiger charge is 2.17. The molecule has 118 valence electrons. The maximum atomic E-state index is 12.9. The largest absolute Gasteiger partial charge is 0.326 e. The first kappa shape index (κ1) is 15.5. The van der Waals surface area contributed by atoms with Crippen LogP contribution in [-0.4, -0.2) is 5.91 Å². The molecule has 0 saturated carbocycles. The molecule has 0 spiro atoms. The fourth-order valence-corrected chi connectivity index (χ4v) is 3.02. The number of hydrogen-bond acceptors (Lipinski definition) is 1. The van der Waals surface area contributed by atoms with Gasteiger partial charge in [0.05, 0.1) is 0 Å². The minimum atomic E-state index is -0.301. The topological polar surface area (TPSA) is 29.1 Å². The molecule has 0 heterocycles. The zero-order valence-corrected chi connectivity index (χ0v) is 13.0. The van der Waals surface area contributed by atoms with E-state index in [0.29, 0.717) is 18.0 Å². The summed E-state index contributed by atoms with van der Waals surface area (Å²) in [5, 5.41) is 2.81. The quantitative estimate of drug-likeness (QED) is 0.787. The zero-order valence-electron chi connectivity index (χ0n) is 13.0. The lowest BCUT2D eigenvalue weighted by Crippen LogP contribution is -2.14. The van der Waals surface area contributed by atoms with E-state index in [1.54, 1.807) is 12.1 Å². The Kier molecular flexibility index (Phi) is 4.86. The van der Waals surface area contributed by atoms with Crippen molar-refractivity contribution in [2.24, 2.45) is 0 Å². The second-order valence-electron chi connectivity index (χ2n) is 5.98. The van der Waals surface area contributed by atoms with Gasteiger partial charge in [0.2, 0.25) is 5.91 Å². The number of anilines is 1. The number of carbonyl (C=O) groups is 1. The molecule has 1 amide bonds. The van der Waals surface area contributed by atoms with Gasteiger partial charge in [-0.25, -0.2) is 4.39 Å². The molecule has 0 radical (unpaired) electrons. The van der Waals surface area contributed by atoms with Gasteiger partial charge in [-0.15, -0.1) is 0 Å². The molecule has 1 N–H and O–H groups in total. The van der Waals surface area contributed by atoms with Crippen LogP contribution in [0.5, 0.6) is 0 Å². The second-order valence-corrected chi connectivity index (χ2v) is 5.98. The molecule has 0 aromatic heterocycles. The van der Waals surface area contributed by atoms with Crippen LogP contribution in [0.25, 0.3) is 0 Å². The molecule has 0 aliphatic heterocycles. The highest BCUT2D eigenvalue weighted by molar-refractivity contribution is 5.92. The predicted octanol–water partition coefficient (Wildman–Crippen LogP) is 5.05. The van der Waals surface area contributed by atoms with Crippen LogP contribution in [0.2, 0.25) is 0 Å². The van der Waals surface area contributed by atoms with Crippen LogP contribution in [0.15, 0.2) is 66.2 Å². The van der Waals surface area contributed by atoms with Crippen molar-refractivity contribution in [3.63, 3.8) is 0 Å². The van der Waals surface area contributed by atoms with Crippen molar-refractivity contribution in [3.8, 4) is 0 Å². The van der Waals surface area contributed by atoms with Crippen molar-refractivity contribution >= 4 is 11.6 Å². The van der Waals surface area contributed by atoms with Gasteiger partial charge in [0.1, 0.15) is 5.82 Å². The van der Waals surface area contributed by atoms with Gasteiger partial charge in [-0.2, -0.15) is 0 Å². The van der Waals surface area contributed by atoms with E-state index >= 15 is 0 Å². The molecule has 3 rings (SSSR count). The Morgan fingerprint density at radius 1 is 1.09 bits per heavy atom. The Hall–Kier alpha value is -2.42. The Balaban J connectivity index is 1.54. The van der Waals surface area contributed by atoms with Crippen LogP contribution >= 0.6 is 0 Å². The Morgan fingerprint density at radius 2 is 1.83 bits per heavy atom. The molecular weight excluding hydrogens is 289 g/mol. The van der Waals surface area contributed by atoms with Crippen LogP contribution in [0.4, 0.5) is 10.1 Å². The summed E-state index contributed by atoms with van der Waals surface area (Å²) in [7, 11) is 0. The molecule has 1 atom stereocenters. The van der Waals surface area contributed by atoms with E-state index in [4.69, 9.17) is 0 Å². The SMILES string of the molecule is O=C(CC1=CC[C@@H](c2ccccc2)CC1)Nc1ccc(F)cc1. The molecule has 1 aliphatic carbocycles. The molecule has 0 saturated heterocycles. The summed E-state index contributed by atoms with van der Waals surface area (Å²) in [6, 6.07) is 16.4. The smallest absolute Gasteiger partial charge is 0.228 e. The average molecular weight is 309 g/mol. The van der Waals surface area contributed by atoms with E-state index < -0.39 is 0 Å². The van der Waals surface area contributed by atoms with E-state index in [0.717, 1.165) is 19.3 Å². The van der Waals surface area contributed by atoms with E-state index in [-0.39, 0.29) is 11.7 Å². The van der Waals surface area contributed by atoms with Gasteiger partial charge in [-0.1, -0.05) is 42.0 Å². The third-order valence-corrected chi connectivity index (χ3v) is 4.29. The maximum Gasteiger partial charge on any atom is 0.228 e. The normalized spacial score (nSPS) is 17.4. The molecule has 0 unspecified atom stereocenters. The monoisotopic (exact) mass is 309 g/mol. The number of amides is 1. The van der Waals surface area contributed by atoms with Crippen LogP contribution < -0.4 is 5.32 Å². The second kappa shape index (κ2) is 7.23. The highest BCUT2D eigenvalue weighted by Crippen LogP contribution is 2.33. The van der Waals surface area contributed by atoms with Crippen LogP contribution in [0.3, 0.4) is 0 Å². The first-order valence-corrected chi connectivity index (χ1v) is 7.99. The van der Waals surface area contributed by atoms with Crippen molar-refractivity contribution in [3.05, 3.63) is 77.6 Å². The average Bonchev–Trinajstić information content (AvgIpc) is 2.58. The van der Waals surface area contributed by atoms with E-state index in [1.807, 2.05) is 6.07 Å². The molecule has 2 nitrogen and oxygen atoms in total. The Labute approximate surface area is 136 Å². The van der Waals surface area contributed by atoms with E-state index in [2.05, 4.69) is 35.7 Å². The maximum absolute atomic E-state index is 12.9. The summed E-state index contributed by atoms with van der Waals surface area (Å²) >= 11 is 0. The lowest BCUT2D eigenvalue weighted by Gasteiger charge is -2.22. The Bertz CT molecular complexity index is 691. The number of rotatable bonds is 4. The van der Waals surface area contributed by atoms with Crippen molar-refractivity contribution in [1.82, 2.24) is 0 Å². The first-order valence-electron chi connectivity index (χ1n) is 7.99. The van der Waals surface area contributed by atoms with Gasteiger partial charge in [-0.3, -0.25) is 4.79 Å². The fourth-order valence-electron chi connectivity index (χ4n) is 3.02. The number of hydrogen-bond donors (Lipinski definition) is 1. The molecule has 3 heteroatoms. The molecule has 1 aliphatic rings. The van der Waals surface area contributed by atoms with Gasteiger partial charge < -0.3 is 5.32 Å².